The number of nitrogens with two attached hydrogens (primary N) is 1. The summed E-state index contributed by atoms with van der Waals surface area (Å²) in [7, 11) is 0. The lowest BCUT2D eigenvalue weighted by Crippen LogP contribution is -2.17. The van der Waals surface area contributed by atoms with Crippen LogP contribution in [0.4, 0.5) is 0 Å². The van der Waals surface area contributed by atoms with E-state index in [1.165, 1.54) is 5.56 Å². The number of benzene rings is 1. The molecule has 1 aliphatic rings. The summed E-state index contributed by atoms with van der Waals surface area (Å²) >= 11 is 0. The molecule has 0 bridgehead atoms. The zero-order valence-corrected chi connectivity index (χ0v) is 6.96. The first-order valence-electron chi connectivity index (χ1n) is 4.35. The van der Waals surface area contributed by atoms with Gasteiger partial charge in [0.1, 0.15) is 5.75 Å². The van der Waals surface area contributed by atoms with Gasteiger partial charge < -0.3 is 10.8 Å². The number of phenolic OH excluding ortho intramolecular Hbond substituents is 1. The number of aryl methyl sites for hydroxylation is 1. The molecule has 12 heavy (non-hydrogen) atoms. The lowest BCUT2D eigenvalue weighted by molar-refractivity contribution is 0.448. The lowest BCUT2D eigenvalue weighted by Gasteiger charge is -2.22. The molecule has 2 heteroatoms. The third-order valence-corrected chi connectivity index (χ3v) is 2.51. The van der Waals surface area contributed by atoms with Crippen LogP contribution in [0.3, 0.4) is 0 Å². The van der Waals surface area contributed by atoms with Gasteiger partial charge in [0, 0.05) is 11.6 Å². The Hall–Kier alpha value is -1.02. The van der Waals surface area contributed by atoms with E-state index in [4.69, 9.17) is 5.73 Å². The van der Waals surface area contributed by atoms with Gasteiger partial charge in [0.2, 0.25) is 0 Å². The summed E-state index contributed by atoms with van der Waals surface area (Å²) in [6.45, 7) is 0. The van der Waals surface area contributed by atoms with Crippen molar-refractivity contribution in [2.24, 2.45) is 5.73 Å². The number of hydrogen-bond donors (Lipinski definition) is 2. The highest BCUT2D eigenvalue weighted by Gasteiger charge is 2.19. The molecule has 1 aromatic carbocycles. The fourth-order valence-electron chi connectivity index (χ4n) is 1.90. The largest absolute Gasteiger partial charge is 0.508 e. The predicted octanol–water partition coefficient (Wildman–Crippen LogP) is 1.73. The van der Waals surface area contributed by atoms with E-state index in [-0.39, 0.29) is 6.04 Å². The first kappa shape index (κ1) is 7.62. The summed E-state index contributed by atoms with van der Waals surface area (Å²) in [6, 6.07) is 5.68. The second kappa shape index (κ2) is 2.79. The SMILES string of the molecule is N[C@H]1CCCc2cccc(O)c21. The maximum atomic E-state index is 9.55. The van der Waals surface area contributed by atoms with Gasteiger partial charge in [-0.1, -0.05) is 12.1 Å². The molecule has 0 fully saturated rings. The Bertz CT molecular complexity index is 296. The van der Waals surface area contributed by atoms with Gasteiger partial charge in [0.05, 0.1) is 0 Å². The van der Waals surface area contributed by atoms with E-state index in [1.54, 1.807) is 6.07 Å². The molecule has 0 heterocycles. The smallest absolute Gasteiger partial charge is 0.120 e. The molecule has 0 saturated heterocycles. The fraction of sp³-hybridized carbons (Fsp3) is 0.400. The number of aromatic hydroxyl groups is 1. The highest BCUT2D eigenvalue weighted by molar-refractivity contribution is 5.42. The Kier molecular flexibility index (Phi) is 1.77. The summed E-state index contributed by atoms with van der Waals surface area (Å²) < 4.78 is 0. The molecule has 64 valence electrons. The van der Waals surface area contributed by atoms with Crippen molar-refractivity contribution in [1.29, 1.82) is 0 Å². The van der Waals surface area contributed by atoms with Gasteiger partial charge in [-0.15, -0.1) is 0 Å². The van der Waals surface area contributed by atoms with Crippen LogP contribution in [0, 0.1) is 0 Å². The number of rotatable bonds is 0. The van der Waals surface area contributed by atoms with Gasteiger partial charge >= 0.3 is 0 Å². The minimum absolute atomic E-state index is 0.0370. The first-order chi connectivity index (χ1) is 5.79. The van der Waals surface area contributed by atoms with Crippen molar-refractivity contribution in [2.75, 3.05) is 0 Å². The molecule has 0 aromatic heterocycles. The van der Waals surface area contributed by atoms with Crippen LogP contribution in [0.5, 0.6) is 5.75 Å². The van der Waals surface area contributed by atoms with E-state index in [9.17, 15) is 5.11 Å². The van der Waals surface area contributed by atoms with Gasteiger partial charge in [-0.2, -0.15) is 0 Å². The summed E-state index contributed by atoms with van der Waals surface area (Å²) in [6.07, 6.45) is 3.18. The number of phenols is 1. The Morgan fingerprint density at radius 2 is 2.25 bits per heavy atom. The fourth-order valence-corrected chi connectivity index (χ4v) is 1.90. The van der Waals surface area contributed by atoms with E-state index in [0.717, 1.165) is 24.8 Å². The summed E-state index contributed by atoms with van der Waals surface area (Å²) in [5, 5.41) is 9.55. The Balaban J connectivity index is 2.53. The summed E-state index contributed by atoms with van der Waals surface area (Å²) in [4.78, 5) is 0. The van der Waals surface area contributed by atoms with Gasteiger partial charge in [-0.25, -0.2) is 0 Å². The molecule has 0 saturated carbocycles. The van der Waals surface area contributed by atoms with Crippen LogP contribution < -0.4 is 5.73 Å². The van der Waals surface area contributed by atoms with Gasteiger partial charge in [0.25, 0.3) is 0 Å². The van der Waals surface area contributed by atoms with Crippen molar-refractivity contribution in [1.82, 2.24) is 0 Å². The van der Waals surface area contributed by atoms with Gasteiger partial charge in [0.15, 0.2) is 0 Å². The third-order valence-electron chi connectivity index (χ3n) is 2.51. The molecule has 2 nitrogen and oxygen atoms in total. The molecule has 0 spiro atoms. The van der Waals surface area contributed by atoms with E-state index >= 15 is 0 Å². The molecule has 1 aliphatic carbocycles. The van der Waals surface area contributed by atoms with Crippen molar-refractivity contribution in [2.45, 2.75) is 25.3 Å². The van der Waals surface area contributed by atoms with Gasteiger partial charge in [-0.05, 0) is 30.9 Å². The predicted molar refractivity (Wildman–Crippen MR) is 48.0 cm³/mol. The van der Waals surface area contributed by atoms with Crippen LogP contribution >= 0.6 is 0 Å². The minimum Gasteiger partial charge on any atom is -0.508 e. The first-order valence-corrected chi connectivity index (χ1v) is 4.35. The van der Waals surface area contributed by atoms with Crippen LogP contribution in [0.2, 0.25) is 0 Å². The Morgan fingerprint density at radius 3 is 3.00 bits per heavy atom. The highest BCUT2D eigenvalue weighted by atomic mass is 16.3. The van der Waals surface area contributed by atoms with Crippen molar-refractivity contribution in [3.8, 4) is 5.75 Å². The van der Waals surface area contributed by atoms with Crippen LogP contribution in [0.25, 0.3) is 0 Å². The van der Waals surface area contributed by atoms with Crippen LogP contribution in [-0.2, 0) is 6.42 Å². The maximum Gasteiger partial charge on any atom is 0.120 e. The molecular formula is C10H13NO. The summed E-state index contributed by atoms with van der Waals surface area (Å²) in [5.41, 5.74) is 8.07. The summed E-state index contributed by atoms with van der Waals surface area (Å²) in [5.74, 6) is 0.361. The molecule has 1 aromatic rings. The van der Waals surface area contributed by atoms with E-state index < -0.39 is 0 Å². The van der Waals surface area contributed by atoms with E-state index in [1.807, 2.05) is 12.1 Å². The normalized spacial score (nSPS) is 21.9. The maximum absolute atomic E-state index is 9.55. The molecule has 2 rings (SSSR count). The molecule has 1 atom stereocenters. The van der Waals surface area contributed by atoms with Crippen molar-refractivity contribution in [3.63, 3.8) is 0 Å². The second-order valence-corrected chi connectivity index (χ2v) is 3.35. The van der Waals surface area contributed by atoms with Gasteiger partial charge in [-0.3, -0.25) is 0 Å². The van der Waals surface area contributed by atoms with Crippen LogP contribution in [0.1, 0.15) is 30.0 Å². The molecule has 0 aliphatic heterocycles. The average molecular weight is 163 g/mol. The molecule has 0 unspecified atom stereocenters. The Labute approximate surface area is 72.0 Å². The Morgan fingerprint density at radius 1 is 1.42 bits per heavy atom. The zero-order valence-electron chi connectivity index (χ0n) is 6.96. The zero-order chi connectivity index (χ0) is 8.55. The second-order valence-electron chi connectivity index (χ2n) is 3.35. The number of hydrogen-bond acceptors (Lipinski definition) is 2. The van der Waals surface area contributed by atoms with E-state index in [2.05, 4.69) is 0 Å². The highest BCUT2D eigenvalue weighted by Crippen LogP contribution is 2.33. The molecule has 0 amide bonds. The van der Waals surface area contributed by atoms with Crippen molar-refractivity contribution in [3.05, 3.63) is 29.3 Å². The quantitative estimate of drug-likeness (QED) is 0.611. The number of fused-ring (bicyclic) bond motifs is 1. The van der Waals surface area contributed by atoms with Crippen molar-refractivity contribution < 1.29 is 5.11 Å². The molecular weight excluding hydrogens is 150 g/mol. The topological polar surface area (TPSA) is 46.2 Å². The monoisotopic (exact) mass is 163 g/mol. The minimum atomic E-state index is 0.0370. The van der Waals surface area contributed by atoms with Crippen LogP contribution in [-0.4, -0.2) is 5.11 Å². The third kappa shape index (κ3) is 1.08. The standard InChI is InChI=1S/C10H13NO/c11-8-5-1-3-7-4-2-6-9(12)10(7)8/h2,4,6,8,12H,1,3,5,11H2/t8-/m0/s1. The van der Waals surface area contributed by atoms with Crippen molar-refractivity contribution >= 4 is 0 Å². The molecule has 0 radical (unpaired) electrons. The van der Waals surface area contributed by atoms with Crippen LogP contribution in [0.15, 0.2) is 18.2 Å². The molecule has 3 N–H and O–H groups in total. The van der Waals surface area contributed by atoms with E-state index in [0.29, 0.717) is 5.75 Å². The lowest BCUT2D eigenvalue weighted by atomic mass is 9.88. The average Bonchev–Trinajstić information content (AvgIpc) is 2.04.